The minimum Gasteiger partial charge on any atom is -0.227 e. The molecule has 2 nitrogen and oxygen atoms in total. The highest BCUT2D eigenvalue weighted by Gasteiger charge is 1.99. The highest BCUT2D eigenvalue weighted by Crippen LogP contribution is 2.18. The van der Waals surface area contributed by atoms with E-state index in [-0.39, 0.29) is 4.91 Å². The van der Waals surface area contributed by atoms with Crippen molar-refractivity contribution in [3.8, 4) is 0 Å². The first-order valence-corrected chi connectivity index (χ1v) is 5.85. The fourth-order valence-electron chi connectivity index (χ4n) is 1.11. The van der Waals surface area contributed by atoms with E-state index in [2.05, 4.69) is 6.58 Å². The third kappa shape index (κ3) is 3.22. The monoisotopic (exact) mass is 242 g/mol. The Hall–Kier alpha value is -1.06. The predicted molar refractivity (Wildman–Crippen MR) is 64.7 cm³/mol. The minimum atomic E-state index is -2.61. The van der Waals surface area contributed by atoms with Gasteiger partial charge in [0.2, 0.25) is 0 Å². The Labute approximate surface area is 95.8 Å². The molecule has 0 aliphatic carbocycles. The molecule has 0 aromatic heterocycles. The second-order valence-electron chi connectivity index (χ2n) is 3.03. The van der Waals surface area contributed by atoms with Crippen LogP contribution >= 0.6 is 11.6 Å². The van der Waals surface area contributed by atoms with Crippen molar-refractivity contribution < 1.29 is 8.42 Å². The van der Waals surface area contributed by atoms with Crippen LogP contribution < -0.4 is 0 Å². The van der Waals surface area contributed by atoms with Crippen LogP contribution in [0.25, 0.3) is 6.08 Å². The van der Waals surface area contributed by atoms with Gasteiger partial charge in [-0.25, -0.2) is 8.42 Å². The standard InChI is InChI=1S/C11H11ClO2S/c1-3-11(15(13)14)7-9-6-10(12)5-4-8(9)2/h3-7,15H,1H2,2H3/b11-7+. The maximum Gasteiger partial charge on any atom is 0.168 e. The van der Waals surface area contributed by atoms with E-state index in [1.165, 1.54) is 6.08 Å². The third-order valence-corrected chi connectivity index (χ3v) is 2.93. The van der Waals surface area contributed by atoms with Gasteiger partial charge in [0, 0.05) is 5.02 Å². The third-order valence-electron chi connectivity index (χ3n) is 1.96. The van der Waals surface area contributed by atoms with Crippen LogP contribution in [-0.4, -0.2) is 8.42 Å². The van der Waals surface area contributed by atoms with Gasteiger partial charge in [0.25, 0.3) is 0 Å². The van der Waals surface area contributed by atoms with Crippen molar-refractivity contribution >= 4 is 28.4 Å². The van der Waals surface area contributed by atoms with Gasteiger partial charge in [-0.1, -0.05) is 30.3 Å². The molecule has 0 N–H and O–H groups in total. The van der Waals surface area contributed by atoms with Crippen molar-refractivity contribution in [1.82, 2.24) is 0 Å². The molecule has 0 aliphatic heterocycles. The zero-order valence-electron chi connectivity index (χ0n) is 8.24. The molecule has 0 amide bonds. The van der Waals surface area contributed by atoms with E-state index in [1.54, 1.807) is 18.2 Å². The summed E-state index contributed by atoms with van der Waals surface area (Å²) in [6.07, 6.45) is 2.87. The highest BCUT2D eigenvalue weighted by atomic mass is 35.5. The normalized spacial score (nSPS) is 11.8. The van der Waals surface area contributed by atoms with Crippen molar-refractivity contribution in [3.63, 3.8) is 0 Å². The lowest BCUT2D eigenvalue weighted by molar-refractivity contribution is 0.620. The van der Waals surface area contributed by atoms with E-state index in [0.717, 1.165) is 11.1 Å². The molecule has 0 saturated heterocycles. The fraction of sp³-hybridized carbons (Fsp3) is 0.0909. The number of aryl methyl sites for hydroxylation is 1. The van der Waals surface area contributed by atoms with Gasteiger partial charge in [-0.05, 0) is 36.3 Å². The van der Waals surface area contributed by atoms with Crippen molar-refractivity contribution in [3.05, 3.63) is 51.9 Å². The molecular weight excluding hydrogens is 232 g/mol. The maximum absolute atomic E-state index is 10.8. The largest absolute Gasteiger partial charge is 0.227 e. The van der Waals surface area contributed by atoms with E-state index in [9.17, 15) is 8.42 Å². The molecule has 0 spiro atoms. The molecule has 0 heterocycles. The molecule has 0 unspecified atom stereocenters. The van der Waals surface area contributed by atoms with Crippen molar-refractivity contribution in [1.29, 1.82) is 0 Å². The molecule has 0 atom stereocenters. The van der Waals surface area contributed by atoms with Crippen LogP contribution in [0.3, 0.4) is 0 Å². The Bertz CT molecular complexity index is 479. The lowest BCUT2D eigenvalue weighted by atomic mass is 10.1. The van der Waals surface area contributed by atoms with Gasteiger partial charge in [0.15, 0.2) is 10.7 Å². The number of rotatable bonds is 3. The van der Waals surface area contributed by atoms with E-state index >= 15 is 0 Å². The zero-order chi connectivity index (χ0) is 11.4. The predicted octanol–water partition coefficient (Wildman–Crippen LogP) is 2.79. The van der Waals surface area contributed by atoms with E-state index in [1.807, 2.05) is 13.0 Å². The molecule has 0 fully saturated rings. The Morgan fingerprint density at radius 3 is 2.67 bits per heavy atom. The molecule has 1 aromatic rings. The lowest BCUT2D eigenvalue weighted by Crippen LogP contribution is -1.84. The van der Waals surface area contributed by atoms with Crippen molar-refractivity contribution in [2.75, 3.05) is 0 Å². The molecule has 0 radical (unpaired) electrons. The maximum atomic E-state index is 10.8. The van der Waals surface area contributed by atoms with Crippen LogP contribution in [0.4, 0.5) is 0 Å². The molecule has 80 valence electrons. The minimum absolute atomic E-state index is 0.190. The summed E-state index contributed by atoms with van der Waals surface area (Å²) in [4.78, 5) is 0.190. The summed E-state index contributed by atoms with van der Waals surface area (Å²) in [6.45, 7) is 5.34. The van der Waals surface area contributed by atoms with Gasteiger partial charge in [-0.3, -0.25) is 0 Å². The fourth-order valence-corrected chi connectivity index (χ4v) is 1.69. The van der Waals surface area contributed by atoms with Crippen LogP contribution in [0.15, 0.2) is 35.8 Å². The molecule has 0 bridgehead atoms. The highest BCUT2D eigenvalue weighted by molar-refractivity contribution is 7.77. The van der Waals surface area contributed by atoms with Gasteiger partial charge in [0.05, 0.1) is 4.91 Å². The Morgan fingerprint density at radius 2 is 2.13 bits per heavy atom. The number of halogens is 1. The van der Waals surface area contributed by atoms with E-state index in [4.69, 9.17) is 11.6 Å². The summed E-state index contributed by atoms with van der Waals surface area (Å²) < 4.78 is 21.6. The number of hydrogen-bond acceptors (Lipinski definition) is 2. The Kier molecular flexibility index (Phi) is 4.12. The SMILES string of the molecule is C=C/C(=C\c1cc(Cl)ccc1C)[SH](=O)=O. The summed E-state index contributed by atoms with van der Waals surface area (Å²) in [5.74, 6) is 0. The molecule has 0 aliphatic rings. The average molecular weight is 243 g/mol. The molecular formula is C11H11ClO2S. The summed E-state index contributed by atoms with van der Waals surface area (Å²) in [5.41, 5.74) is 1.76. The number of hydrogen-bond donors (Lipinski definition) is 1. The van der Waals surface area contributed by atoms with Crippen LogP contribution in [-0.2, 0) is 10.7 Å². The van der Waals surface area contributed by atoms with Crippen LogP contribution in [0.2, 0.25) is 5.02 Å². The smallest absolute Gasteiger partial charge is 0.168 e. The average Bonchev–Trinajstić information content (AvgIpc) is 2.18. The quantitative estimate of drug-likeness (QED) is 0.653. The topological polar surface area (TPSA) is 34.1 Å². The summed E-state index contributed by atoms with van der Waals surface area (Å²) in [5, 5.41) is 0.580. The number of benzene rings is 1. The van der Waals surface area contributed by atoms with Crippen LogP contribution in [0.1, 0.15) is 11.1 Å². The molecule has 1 aromatic carbocycles. The van der Waals surface area contributed by atoms with Gasteiger partial charge < -0.3 is 0 Å². The molecule has 4 heteroatoms. The van der Waals surface area contributed by atoms with Crippen molar-refractivity contribution in [2.24, 2.45) is 0 Å². The van der Waals surface area contributed by atoms with Gasteiger partial charge in [-0.15, -0.1) is 0 Å². The number of allylic oxidation sites excluding steroid dienone is 1. The first-order chi connectivity index (χ1) is 7.04. The van der Waals surface area contributed by atoms with Crippen LogP contribution in [0, 0.1) is 6.92 Å². The summed E-state index contributed by atoms with van der Waals surface area (Å²) in [6, 6.07) is 5.32. The van der Waals surface area contributed by atoms with E-state index in [0.29, 0.717) is 5.02 Å². The van der Waals surface area contributed by atoms with E-state index < -0.39 is 10.7 Å². The van der Waals surface area contributed by atoms with Gasteiger partial charge in [-0.2, -0.15) is 0 Å². The molecule has 15 heavy (non-hydrogen) atoms. The van der Waals surface area contributed by atoms with Crippen molar-refractivity contribution in [2.45, 2.75) is 6.92 Å². The Balaban J connectivity index is 3.27. The zero-order valence-corrected chi connectivity index (χ0v) is 9.89. The summed E-state index contributed by atoms with van der Waals surface area (Å²) >= 11 is 5.82. The first kappa shape index (κ1) is 12.0. The second-order valence-corrected chi connectivity index (χ2v) is 4.50. The molecule has 1 rings (SSSR count). The lowest BCUT2D eigenvalue weighted by Gasteiger charge is -2.01. The number of thiol groups is 1. The summed E-state index contributed by atoms with van der Waals surface area (Å²) in [7, 11) is -2.61. The van der Waals surface area contributed by atoms with Gasteiger partial charge >= 0.3 is 0 Å². The Morgan fingerprint density at radius 1 is 1.47 bits per heavy atom. The molecule has 0 saturated carbocycles. The van der Waals surface area contributed by atoms with Gasteiger partial charge in [0.1, 0.15) is 0 Å². The second kappa shape index (κ2) is 5.14. The first-order valence-electron chi connectivity index (χ1n) is 4.29. The van der Waals surface area contributed by atoms with Crippen LogP contribution in [0.5, 0.6) is 0 Å².